The Bertz CT molecular complexity index is 1020. The maximum Gasteiger partial charge on any atom is 0.228 e. The van der Waals surface area contributed by atoms with E-state index in [0.29, 0.717) is 32.4 Å². The van der Waals surface area contributed by atoms with Gasteiger partial charge in [-0.05, 0) is 42.0 Å². The van der Waals surface area contributed by atoms with Crippen LogP contribution in [-0.2, 0) is 22.6 Å². The lowest BCUT2D eigenvalue weighted by Crippen LogP contribution is -2.17. The number of rotatable bonds is 5. The van der Waals surface area contributed by atoms with Crippen molar-refractivity contribution >= 4 is 34.6 Å². The maximum absolute atomic E-state index is 13.3. The molecule has 3 N–H and O–H groups in total. The second-order valence-corrected chi connectivity index (χ2v) is 7.27. The van der Waals surface area contributed by atoms with Crippen LogP contribution in [0.2, 0.25) is 5.15 Å². The van der Waals surface area contributed by atoms with Crippen molar-refractivity contribution < 1.29 is 18.1 Å². The molecule has 0 spiro atoms. The molecule has 1 aromatic heterocycles. The molecular formula is C19H14ClF2N3O2S. The second kappa shape index (κ2) is 8.66. The van der Waals surface area contributed by atoms with Gasteiger partial charge in [0.1, 0.15) is 5.15 Å². The van der Waals surface area contributed by atoms with E-state index in [1.165, 1.54) is 18.3 Å². The lowest BCUT2D eigenvalue weighted by Gasteiger charge is -2.12. The predicted molar refractivity (Wildman–Crippen MR) is 104 cm³/mol. The minimum Gasteiger partial charge on any atom is -0.593 e. The molecule has 0 saturated heterocycles. The molecule has 1 amide bonds. The molecule has 3 aromatic rings. The number of pyridine rings is 1. The molecule has 144 valence electrons. The molecule has 1 unspecified atom stereocenters. The third-order valence-electron chi connectivity index (χ3n) is 3.87. The number of carbonyl (C=O) groups is 1. The van der Waals surface area contributed by atoms with Crippen LogP contribution in [0.15, 0.2) is 59.6 Å². The number of carbonyl (C=O) groups excluding carboxylic acids is 1. The van der Waals surface area contributed by atoms with Crippen molar-refractivity contribution in [2.75, 3.05) is 5.32 Å². The van der Waals surface area contributed by atoms with E-state index in [0.717, 1.165) is 12.1 Å². The average molecular weight is 422 g/mol. The lowest BCUT2D eigenvalue weighted by atomic mass is 10.1. The summed E-state index contributed by atoms with van der Waals surface area (Å²) in [7, 11) is 0. The summed E-state index contributed by atoms with van der Waals surface area (Å²) in [5.41, 5.74) is 1.94. The van der Waals surface area contributed by atoms with Gasteiger partial charge in [-0.15, -0.1) is 5.14 Å². The molecule has 1 atom stereocenters. The summed E-state index contributed by atoms with van der Waals surface area (Å²) in [4.78, 5) is 16.5. The first-order chi connectivity index (χ1) is 13.3. The van der Waals surface area contributed by atoms with Crippen molar-refractivity contribution in [3.63, 3.8) is 0 Å². The number of benzene rings is 2. The SMILES string of the molecule is N[S+]([O-])c1cc(NC(=O)Cc2ccc(F)c(F)c2)ccc1-c1ccc(Cl)nc1. The topological polar surface area (TPSA) is 91.1 Å². The Kier molecular flexibility index (Phi) is 6.25. The van der Waals surface area contributed by atoms with Crippen LogP contribution in [0.3, 0.4) is 0 Å². The minimum atomic E-state index is -1.82. The zero-order chi connectivity index (χ0) is 20.3. The van der Waals surface area contributed by atoms with E-state index in [9.17, 15) is 18.1 Å². The highest BCUT2D eigenvalue weighted by Gasteiger charge is 2.17. The van der Waals surface area contributed by atoms with Crippen LogP contribution in [-0.4, -0.2) is 15.4 Å². The van der Waals surface area contributed by atoms with Gasteiger partial charge in [-0.3, -0.25) is 4.79 Å². The van der Waals surface area contributed by atoms with Crippen LogP contribution in [0.5, 0.6) is 0 Å². The number of aromatic nitrogens is 1. The summed E-state index contributed by atoms with van der Waals surface area (Å²) in [5, 5.41) is 8.52. The van der Waals surface area contributed by atoms with Crippen LogP contribution < -0.4 is 10.5 Å². The van der Waals surface area contributed by atoms with Crippen molar-refractivity contribution in [2.45, 2.75) is 11.3 Å². The number of nitrogens with two attached hydrogens (primary N) is 1. The molecule has 0 aliphatic heterocycles. The summed E-state index contributed by atoms with van der Waals surface area (Å²) < 4.78 is 38.2. The number of amides is 1. The van der Waals surface area contributed by atoms with Crippen LogP contribution in [0.1, 0.15) is 5.56 Å². The first-order valence-electron chi connectivity index (χ1n) is 7.99. The van der Waals surface area contributed by atoms with Gasteiger partial charge in [0.15, 0.2) is 16.5 Å². The summed E-state index contributed by atoms with van der Waals surface area (Å²) >= 11 is 3.96. The van der Waals surface area contributed by atoms with Gasteiger partial charge in [-0.2, -0.15) is 0 Å². The summed E-state index contributed by atoms with van der Waals surface area (Å²) in [6.07, 6.45) is 1.37. The van der Waals surface area contributed by atoms with Crippen LogP contribution in [0, 0.1) is 11.6 Å². The van der Waals surface area contributed by atoms with E-state index < -0.39 is 28.9 Å². The first kappa shape index (κ1) is 20.2. The molecular weight excluding hydrogens is 408 g/mol. The van der Waals surface area contributed by atoms with Gasteiger partial charge in [0.25, 0.3) is 0 Å². The summed E-state index contributed by atoms with van der Waals surface area (Å²) in [5.74, 6) is -2.45. The Morgan fingerprint density at radius 3 is 2.57 bits per heavy atom. The van der Waals surface area contributed by atoms with Crippen LogP contribution in [0.4, 0.5) is 14.5 Å². The van der Waals surface area contributed by atoms with E-state index >= 15 is 0 Å². The molecule has 5 nitrogen and oxygen atoms in total. The number of anilines is 1. The highest BCUT2D eigenvalue weighted by molar-refractivity contribution is 7.89. The Labute approximate surface area is 167 Å². The second-order valence-electron chi connectivity index (χ2n) is 5.85. The predicted octanol–water partition coefficient (Wildman–Crippen LogP) is 3.84. The number of hydrogen-bond acceptors (Lipinski definition) is 4. The van der Waals surface area contributed by atoms with Gasteiger partial charge < -0.3 is 9.87 Å². The summed E-state index contributed by atoms with van der Waals surface area (Å²) in [6.45, 7) is 0. The molecule has 0 aliphatic carbocycles. The smallest absolute Gasteiger partial charge is 0.228 e. The van der Waals surface area contributed by atoms with E-state index in [4.69, 9.17) is 16.7 Å². The van der Waals surface area contributed by atoms with Crippen molar-refractivity contribution in [3.8, 4) is 11.1 Å². The zero-order valence-corrected chi connectivity index (χ0v) is 15.9. The number of halogens is 3. The molecule has 9 heteroatoms. The Morgan fingerprint density at radius 2 is 1.93 bits per heavy atom. The van der Waals surface area contributed by atoms with Crippen LogP contribution >= 0.6 is 11.6 Å². The lowest BCUT2D eigenvalue weighted by molar-refractivity contribution is -0.115. The van der Waals surface area contributed by atoms with E-state index in [-0.39, 0.29) is 6.42 Å². The fraction of sp³-hybridized carbons (Fsp3) is 0.0526. The Hall–Kier alpha value is -2.52. The summed E-state index contributed by atoms with van der Waals surface area (Å²) in [6, 6.07) is 11.3. The molecule has 0 aliphatic rings. The molecule has 0 saturated carbocycles. The standard InChI is InChI=1S/C19H14ClF2N3O2S/c20-18-6-2-12(10-24-18)14-4-3-13(9-17(14)28(23)27)25-19(26)8-11-1-5-15(21)16(22)7-11/h1-7,9-10H,8,23H2,(H,25,26). The zero-order valence-electron chi connectivity index (χ0n) is 14.3. The van der Waals surface area contributed by atoms with E-state index in [1.807, 2.05) is 0 Å². The van der Waals surface area contributed by atoms with Crippen LogP contribution in [0.25, 0.3) is 11.1 Å². The molecule has 1 heterocycles. The van der Waals surface area contributed by atoms with Gasteiger partial charge >= 0.3 is 0 Å². The number of nitrogens with zero attached hydrogens (tertiary/aromatic N) is 1. The fourth-order valence-corrected chi connectivity index (χ4v) is 3.34. The normalized spacial score (nSPS) is 11.9. The largest absolute Gasteiger partial charge is 0.593 e. The van der Waals surface area contributed by atoms with E-state index in [1.54, 1.807) is 24.3 Å². The van der Waals surface area contributed by atoms with Gasteiger partial charge in [0.05, 0.1) is 17.8 Å². The molecule has 28 heavy (non-hydrogen) atoms. The monoisotopic (exact) mass is 421 g/mol. The van der Waals surface area contributed by atoms with E-state index in [2.05, 4.69) is 10.3 Å². The Morgan fingerprint density at radius 1 is 1.14 bits per heavy atom. The molecule has 2 aromatic carbocycles. The maximum atomic E-state index is 13.3. The van der Waals surface area contributed by atoms with Gasteiger partial charge in [-0.25, -0.2) is 13.8 Å². The molecule has 3 rings (SSSR count). The van der Waals surface area contributed by atoms with Crippen molar-refractivity contribution in [1.82, 2.24) is 4.98 Å². The molecule has 0 radical (unpaired) electrons. The quantitative estimate of drug-likeness (QED) is 0.483. The highest BCUT2D eigenvalue weighted by Crippen LogP contribution is 2.29. The minimum absolute atomic E-state index is 0.152. The Balaban J connectivity index is 1.80. The molecule has 0 fully saturated rings. The highest BCUT2D eigenvalue weighted by atomic mass is 35.5. The van der Waals surface area contributed by atoms with Crippen molar-refractivity contribution in [2.24, 2.45) is 5.14 Å². The van der Waals surface area contributed by atoms with Crippen molar-refractivity contribution in [1.29, 1.82) is 0 Å². The first-order valence-corrected chi connectivity index (χ1v) is 9.58. The number of nitrogens with one attached hydrogen (secondary N) is 1. The molecule has 0 bridgehead atoms. The fourth-order valence-electron chi connectivity index (χ4n) is 2.58. The third kappa shape index (κ3) is 4.85. The average Bonchev–Trinajstić information content (AvgIpc) is 2.65. The van der Waals surface area contributed by atoms with Gasteiger partial charge in [0, 0.05) is 29.1 Å². The third-order valence-corrected chi connectivity index (χ3v) is 4.86. The number of hydrogen-bond donors (Lipinski definition) is 2. The van der Waals surface area contributed by atoms with Gasteiger partial charge in [-0.1, -0.05) is 17.7 Å². The van der Waals surface area contributed by atoms with Crippen molar-refractivity contribution in [3.05, 3.63) is 77.1 Å². The van der Waals surface area contributed by atoms with Gasteiger partial charge in [0.2, 0.25) is 5.91 Å².